The van der Waals surface area contributed by atoms with Gasteiger partial charge in [-0.1, -0.05) is 12.0 Å². The number of ether oxygens (including phenoxy) is 1. The number of nitrogens with zero attached hydrogens (tertiary/aromatic N) is 3. The van der Waals surface area contributed by atoms with Gasteiger partial charge in [-0.05, 0) is 12.5 Å². The van der Waals surface area contributed by atoms with Crippen molar-refractivity contribution < 1.29 is 9.53 Å². The number of carbonyl (C=O) groups is 1. The van der Waals surface area contributed by atoms with Crippen LogP contribution in [0.5, 0.6) is 0 Å². The van der Waals surface area contributed by atoms with Crippen LogP contribution in [-0.2, 0) is 9.53 Å². The molecule has 0 bridgehead atoms. The van der Waals surface area contributed by atoms with Crippen molar-refractivity contribution in [2.75, 3.05) is 0 Å². The van der Waals surface area contributed by atoms with Gasteiger partial charge in [0.05, 0.1) is 6.04 Å². The summed E-state index contributed by atoms with van der Waals surface area (Å²) >= 11 is 0. The topological polar surface area (TPSA) is 75.1 Å². The highest BCUT2D eigenvalue weighted by atomic mass is 16.5. The summed E-state index contributed by atoms with van der Waals surface area (Å²) in [5.74, 6) is -0.363. The molecule has 2 unspecified atom stereocenters. The largest absolute Gasteiger partial charge is 0.462 e. The minimum atomic E-state index is -0.363. The van der Waals surface area contributed by atoms with Crippen LogP contribution in [0.25, 0.3) is 10.4 Å². The fraction of sp³-hybridized carbons (Fsp3) is 0.833. The lowest BCUT2D eigenvalue weighted by Gasteiger charge is -2.14. The van der Waals surface area contributed by atoms with E-state index in [1.54, 1.807) is 13.8 Å². The molecular weight excluding hydrogens is 146 g/mol. The fourth-order valence-corrected chi connectivity index (χ4v) is 0.536. The summed E-state index contributed by atoms with van der Waals surface area (Å²) in [4.78, 5) is 13.0. The smallest absolute Gasteiger partial charge is 0.302 e. The van der Waals surface area contributed by atoms with E-state index in [0.29, 0.717) is 0 Å². The van der Waals surface area contributed by atoms with E-state index in [9.17, 15) is 4.79 Å². The molecule has 62 valence electrons. The average Bonchev–Trinajstić information content (AvgIpc) is 1.86. The average molecular weight is 157 g/mol. The summed E-state index contributed by atoms with van der Waals surface area (Å²) in [6.07, 6.45) is -0.358. The third-order valence-electron chi connectivity index (χ3n) is 1.26. The molecule has 2 atom stereocenters. The van der Waals surface area contributed by atoms with E-state index >= 15 is 0 Å². The molecule has 0 aromatic carbocycles. The highest BCUT2D eigenvalue weighted by Gasteiger charge is 2.12. The molecule has 0 fully saturated rings. The van der Waals surface area contributed by atoms with Crippen LogP contribution in [0.3, 0.4) is 0 Å². The van der Waals surface area contributed by atoms with E-state index in [2.05, 4.69) is 10.0 Å². The number of hydrogen-bond donors (Lipinski definition) is 0. The van der Waals surface area contributed by atoms with Crippen molar-refractivity contribution in [3.63, 3.8) is 0 Å². The third-order valence-corrected chi connectivity index (χ3v) is 1.26. The SMILES string of the molecule is CC(=O)OC(C)C(C)N=[N+]=[N-]. The second-order valence-electron chi connectivity index (χ2n) is 2.26. The normalized spacial score (nSPS) is 14.5. The quantitative estimate of drug-likeness (QED) is 0.270. The molecule has 0 saturated carbocycles. The molecule has 0 spiro atoms. The minimum absolute atomic E-state index is 0.316. The number of azide groups is 1. The second kappa shape index (κ2) is 4.57. The maximum absolute atomic E-state index is 10.4. The van der Waals surface area contributed by atoms with Crippen LogP contribution in [-0.4, -0.2) is 18.1 Å². The lowest BCUT2D eigenvalue weighted by molar-refractivity contribution is -0.146. The Morgan fingerprint density at radius 1 is 1.64 bits per heavy atom. The Bertz CT molecular complexity index is 186. The van der Waals surface area contributed by atoms with E-state index in [4.69, 9.17) is 10.3 Å². The highest BCUT2D eigenvalue weighted by molar-refractivity contribution is 5.66. The van der Waals surface area contributed by atoms with Gasteiger partial charge in [-0.3, -0.25) is 4.79 Å². The Morgan fingerprint density at radius 2 is 2.18 bits per heavy atom. The summed E-state index contributed by atoms with van der Waals surface area (Å²) in [6, 6.07) is -0.316. The first-order valence-corrected chi connectivity index (χ1v) is 3.29. The van der Waals surface area contributed by atoms with Gasteiger partial charge in [-0.25, -0.2) is 0 Å². The third kappa shape index (κ3) is 4.22. The highest BCUT2D eigenvalue weighted by Crippen LogP contribution is 2.02. The first-order chi connectivity index (χ1) is 5.07. The first-order valence-electron chi connectivity index (χ1n) is 3.29. The van der Waals surface area contributed by atoms with Crippen molar-refractivity contribution in [1.82, 2.24) is 0 Å². The zero-order valence-electron chi connectivity index (χ0n) is 6.81. The van der Waals surface area contributed by atoms with Gasteiger partial charge in [0.2, 0.25) is 0 Å². The van der Waals surface area contributed by atoms with Crippen molar-refractivity contribution in [2.45, 2.75) is 32.9 Å². The molecule has 0 aliphatic heterocycles. The van der Waals surface area contributed by atoms with Crippen LogP contribution < -0.4 is 0 Å². The summed E-state index contributed by atoms with van der Waals surface area (Å²) in [5.41, 5.74) is 8.04. The van der Waals surface area contributed by atoms with Crippen LogP contribution in [0.1, 0.15) is 20.8 Å². The Kier molecular flexibility index (Phi) is 4.07. The standard InChI is InChI=1S/C6H11N3O2/c1-4(8-9-7)5(2)11-6(3)10/h4-5H,1-3H3. The van der Waals surface area contributed by atoms with E-state index in [1.165, 1.54) is 6.92 Å². The monoisotopic (exact) mass is 157 g/mol. The lowest BCUT2D eigenvalue weighted by atomic mass is 10.2. The molecule has 0 heterocycles. The zero-order chi connectivity index (χ0) is 8.85. The minimum Gasteiger partial charge on any atom is -0.462 e. The molecule has 0 N–H and O–H groups in total. The van der Waals surface area contributed by atoms with Gasteiger partial charge < -0.3 is 4.74 Å². The van der Waals surface area contributed by atoms with Crippen molar-refractivity contribution in [2.24, 2.45) is 5.11 Å². The Hall–Kier alpha value is -1.22. The maximum atomic E-state index is 10.4. The molecule has 0 aromatic heterocycles. The molecule has 0 amide bonds. The van der Waals surface area contributed by atoms with Crippen LogP contribution in [0.2, 0.25) is 0 Å². The van der Waals surface area contributed by atoms with Crippen LogP contribution in [0.15, 0.2) is 5.11 Å². The maximum Gasteiger partial charge on any atom is 0.302 e. The predicted octanol–water partition coefficient (Wildman–Crippen LogP) is 1.64. The van der Waals surface area contributed by atoms with Gasteiger partial charge in [0, 0.05) is 11.8 Å². The van der Waals surface area contributed by atoms with Crippen molar-refractivity contribution in [1.29, 1.82) is 0 Å². The zero-order valence-corrected chi connectivity index (χ0v) is 6.81. The Morgan fingerprint density at radius 3 is 2.55 bits per heavy atom. The first kappa shape index (κ1) is 9.78. The molecule has 0 rings (SSSR count). The van der Waals surface area contributed by atoms with Crippen molar-refractivity contribution >= 4 is 5.97 Å². The van der Waals surface area contributed by atoms with E-state index < -0.39 is 0 Å². The summed E-state index contributed by atoms with van der Waals surface area (Å²) in [5, 5.41) is 3.38. The van der Waals surface area contributed by atoms with Crippen LogP contribution >= 0.6 is 0 Å². The molecule has 0 aliphatic rings. The number of rotatable bonds is 3. The Labute approximate surface area is 65.0 Å². The van der Waals surface area contributed by atoms with Gasteiger partial charge in [0.15, 0.2) is 0 Å². The second-order valence-corrected chi connectivity index (χ2v) is 2.26. The van der Waals surface area contributed by atoms with Gasteiger partial charge in [-0.2, -0.15) is 0 Å². The molecule has 5 heteroatoms. The molecule has 0 saturated heterocycles. The van der Waals surface area contributed by atoms with Gasteiger partial charge in [0.1, 0.15) is 6.10 Å². The van der Waals surface area contributed by atoms with Crippen LogP contribution in [0, 0.1) is 0 Å². The Balaban J connectivity index is 3.91. The molecule has 11 heavy (non-hydrogen) atoms. The summed E-state index contributed by atoms with van der Waals surface area (Å²) in [6.45, 7) is 4.69. The number of carbonyl (C=O) groups excluding carboxylic acids is 1. The van der Waals surface area contributed by atoms with Crippen molar-refractivity contribution in [3.05, 3.63) is 10.4 Å². The van der Waals surface area contributed by atoms with E-state index in [0.717, 1.165) is 0 Å². The van der Waals surface area contributed by atoms with Gasteiger partial charge in [-0.15, -0.1) is 0 Å². The lowest BCUT2D eigenvalue weighted by Crippen LogP contribution is -2.23. The molecule has 0 aromatic rings. The molecule has 0 radical (unpaired) electrons. The molecule has 0 aliphatic carbocycles. The summed E-state index contributed by atoms with van der Waals surface area (Å²) in [7, 11) is 0. The van der Waals surface area contributed by atoms with Gasteiger partial charge >= 0.3 is 5.97 Å². The van der Waals surface area contributed by atoms with E-state index in [-0.39, 0.29) is 18.1 Å². The number of hydrogen-bond acceptors (Lipinski definition) is 3. The van der Waals surface area contributed by atoms with Crippen LogP contribution in [0.4, 0.5) is 0 Å². The fourth-order valence-electron chi connectivity index (χ4n) is 0.536. The van der Waals surface area contributed by atoms with Gasteiger partial charge in [0.25, 0.3) is 0 Å². The summed E-state index contributed by atoms with van der Waals surface area (Å²) < 4.78 is 4.76. The van der Waals surface area contributed by atoms with Crippen molar-refractivity contribution in [3.8, 4) is 0 Å². The number of esters is 1. The predicted molar refractivity (Wildman–Crippen MR) is 39.8 cm³/mol. The molecule has 5 nitrogen and oxygen atoms in total. The van der Waals surface area contributed by atoms with E-state index in [1.807, 2.05) is 0 Å². The molecular formula is C6H11N3O2.